The number of aryl methyl sites for hydroxylation is 2. The van der Waals surface area contributed by atoms with Gasteiger partial charge in [0.1, 0.15) is 11.5 Å². The summed E-state index contributed by atoms with van der Waals surface area (Å²) in [6.07, 6.45) is 1.56. The molecule has 0 atom stereocenters. The van der Waals surface area contributed by atoms with Gasteiger partial charge in [-0.05, 0) is 42.7 Å². The van der Waals surface area contributed by atoms with Crippen molar-refractivity contribution in [3.05, 3.63) is 58.7 Å². The van der Waals surface area contributed by atoms with Crippen molar-refractivity contribution in [1.29, 1.82) is 0 Å². The molecule has 0 fully saturated rings. The standard InChI is InChI=1S/C17H18N2O3/c1-11-3-4-13(7-12(11)2)8-17(22)19-18-10-14-5-6-15(20)9-16(14)21/h3-7,9-10,20-21H,8H2,1-2H3,(H,19,22). The van der Waals surface area contributed by atoms with E-state index >= 15 is 0 Å². The summed E-state index contributed by atoms with van der Waals surface area (Å²) in [7, 11) is 0. The van der Waals surface area contributed by atoms with Crippen molar-refractivity contribution < 1.29 is 15.0 Å². The molecule has 1 amide bonds. The Hall–Kier alpha value is -2.82. The van der Waals surface area contributed by atoms with Gasteiger partial charge in [0.2, 0.25) is 5.91 Å². The lowest BCUT2D eigenvalue weighted by Crippen LogP contribution is -2.19. The minimum absolute atomic E-state index is 0.0339. The number of carbonyl (C=O) groups is 1. The third-order valence-electron chi connectivity index (χ3n) is 3.34. The van der Waals surface area contributed by atoms with Crippen LogP contribution in [0.1, 0.15) is 22.3 Å². The number of hydrogen-bond acceptors (Lipinski definition) is 4. The fourth-order valence-electron chi connectivity index (χ4n) is 1.95. The molecule has 0 saturated heterocycles. The smallest absolute Gasteiger partial charge is 0.244 e. The van der Waals surface area contributed by atoms with E-state index in [1.54, 1.807) is 0 Å². The first-order valence-corrected chi connectivity index (χ1v) is 6.85. The Morgan fingerprint density at radius 2 is 1.91 bits per heavy atom. The van der Waals surface area contributed by atoms with Crippen LogP contribution in [0.5, 0.6) is 11.5 Å². The number of rotatable bonds is 4. The molecule has 0 aliphatic carbocycles. The zero-order valence-corrected chi connectivity index (χ0v) is 12.5. The van der Waals surface area contributed by atoms with E-state index in [0.717, 1.165) is 11.1 Å². The van der Waals surface area contributed by atoms with Gasteiger partial charge in [0.05, 0.1) is 12.6 Å². The maximum absolute atomic E-state index is 11.8. The first-order valence-electron chi connectivity index (χ1n) is 6.85. The summed E-state index contributed by atoms with van der Waals surface area (Å²) in [5.74, 6) is -0.377. The van der Waals surface area contributed by atoms with Crippen molar-refractivity contribution in [2.45, 2.75) is 20.3 Å². The largest absolute Gasteiger partial charge is 0.508 e. The SMILES string of the molecule is Cc1ccc(CC(=O)NN=Cc2ccc(O)cc2O)cc1C. The predicted molar refractivity (Wildman–Crippen MR) is 85.1 cm³/mol. The van der Waals surface area contributed by atoms with Crippen LogP contribution in [0.4, 0.5) is 0 Å². The lowest BCUT2D eigenvalue weighted by molar-refractivity contribution is -0.120. The van der Waals surface area contributed by atoms with E-state index in [1.807, 2.05) is 32.0 Å². The Kier molecular flexibility index (Phi) is 4.78. The van der Waals surface area contributed by atoms with Crippen molar-refractivity contribution in [2.24, 2.45) is 5.10 Å². The Morgan fingerprint density at radius 3 is 2.59 bits per heavy atom. The lowest BCUT2D eigenvalue weighted by Gasteiger charge is -2.04. The average molecular weight is 298 g/mol. The Balaban J connectivity index is 1.94. The van der Waals surface area contributed by atoms with Crippen LogP contribution in [0.2, 0.25) is 0 Å². The molecule has 5 heteroatoms. The zero-order chi connectivity index (χ0) is 16.1. The Bertz CT molecular complexity index is 724. The number of aromatic hydroxyl groups is 2. The highest BCUT2D eigenvalue weighted by atomic mass is 16.3. The molecular weight excluding hydrogens is 280 g/mol. The topological polar surface area (TPSA) is 81.9 Å². The molecule has 0 aliphatic heterocycles. The van der Waals surface area contributed by atoms with Crippen LogP contribution in [0.3, 0.4) is 0 Å². The minimum Gasteiger partial charge on any atom is -0.508 e. The summed E-state index contributed by atoms with van der Waals surface area (Å²) < 4.78 is 0. The summed E-state index contributed by atoms with van der Waals surface area (Å²) in [6, 6.07) is 10.0. The molecule has 22 heavy (non-hydrogen) atoms. The number of phenolic OH excluding ortho intramolecular Hbond substituents is 2. The molecule has 0 bridgehead atoms. The third-order valence-corrected chi connectivity index (χ3v) is 3.34. The summed E-state index contributed by atoms with van der Waals surface area (Å²) in [6.45, 7) is 4.02. The maximum atomic E-state index is 11.8. The van der Waals surface area contributed by atoms with E-state index in [2.05, 4.69) is 10.5 Å². The minimum atomic E-state index is -0.238. The first-order chi connectivity index (χ1) is 10.5. The van der Waals surface area contributed by atoms with Gasteiger partial charge in [-0.1, -0.05) is 18.2 Å². The van der Waals surface area contributed by atoms with Gasteiger partial charge >= 0.3 is 0 Å². The van der Waals surface area contributed by atoms with Crippen LogP contribution in [0, 0.1) is 13.8 Å². The van der Waals surface area contributed by atoms with Gasteiger partial charge in [-0.15, -0.1) is 0 Å². The summed E-state index contributed by atoms with van der Waals surface area (Å²) in [4.78, 5) is 11.8. The molecule has 0 aromatic heterocycles. The van der Waals surface area contributed by atoms with Crippen LogP contribution in [-0.2, 0) is 11.2 Å². The monoisotopic (exact) mass is 298 g/mol. The van der Waals surface area contributed by atoms with Gasteiger partial charge in [0, 0.05) is 11.6 Å². The van der Waals surface area contributed by atoms with Gasteiger partial charge in [0.15, 0.2) is 0 Å². The molecule has 2 aromatic rings. The summed E-state index contributed by atoms with van der Waals surface area (Å²) >= 11 is 0. The molecule has 0 heterocycles. The number of amides is 1. The van der Waals surface area contributed by atoms with E-state index in [-0.39, 0.29) is 23.8 Å². The second-order valence-electron chi connectivity index (χ2n) is 5.13. The normalized spacial score (nSPS) is 10.8. The molecule has 3 N–H and O–H groups in total. The van der Waals surface area contributed by atoms with E-state index in [1.165, 1.54) is 30.0 Å². The zero-order valence-electron chi connectivity index (χ0n) is 12.5. The summed E-state index contributed by atoms with van der Waals surface area (Å²) in [5.41, 5.74) is 6.07. The Labute approximate surface area is 128 Å². The number of phenols is 2. The van der Waals surface area contributed by atoms with E-state index in [0.29, 0.717) is 5.56 Å². The van der Waals surface area contributed by atoms with E-state index < -0.39 is 0 Å². The van der Waals surface area contributed by atoms with Gasteiger partial charge in [-0.2, -0.15) is 5.10 Å². The second-order valence-corrected chi connectivity index (χ2v) is 5.13. The predicted octanol–water partition coefficient (Wildman–Crippen LogP) is 2.41. The van der Waals surface area contributed by atoms with Gasteiger partial charge in [0.25, 0.3) is 0 Å². The fraction of sp³-hybridized carbons (Fsp3) is 0.176. The van der Waals surface area contributed by atoms with Crippen LogP contribution in [0.25, 0.3) is 0 Å². The number of hydrazone groups is 1. The molecule has 114 valence electrons. The maximum Gasteiger partial charge on any atom is 0.244 e. The van der Waals surface area contributed by atoms with Gasteiger partial charge < -0.3 is 10.2 Å². The van der Waals surface area contributed by atoms with Crippen LogP contribution < -0.4 is 5.43 Å². The van der Waals surface area contributed by atoms with E-state index in [4.69, 9.17) is 0 Å². The third kappa shape index (κ3) is 4.09. The molecule has 5 nitrogen and oxygen atoms in total. The first kappa shape index (κ1) is 15.6. The number of benzene rings is 2. The van der Waals surface area contributed by atoms with Crippen LogP contribution >= 0.6 is 0 Å². The molecule has 0 radical (unpaired) electrons. The molecule has 0 saturated carbocycles. The Morgan fingerprint density at radius 1 is 1.14 bits per heavy atom. The van der Waals surface area contributed by atoms with Crippen molar-refractivity contribution in [3.63, 3.8) is 0 Å². The number of hydrogen-bond donors (Lipinski definition) is 3. The number of nitrogens with zero attached hydrogens (tertiary/aromatic N) is 1. The summed E-state index contributed by atoms with van der Waals surface area (Å²) in [5, 5.41) is 22.6. The lowest BCUT2D eigenvalue weighted by atomic mass is 10.0. The highest BCUT2D eigenvalue weighted by Gasteiger charge is 2.04. The van der Waals surface area contributed by atoms with Crippen LogP contribution in [-0.4, -0.2) is 22.3 Å². The quantitative estimate of drug-likeness (QED) is 0.599. The van der Waals surface area contributed by atoms with Crippen molar-refractivity contribution >= 4 is 12.1 Å². The van der Waals surface area contributed by atoms with Crippen molar-refractivity contribution in [2.75, 3.05) is 0 Å². The van der Waals surface area contributed by atoms with Gasteiger partial charge in [-0.25, -0.2) is 5.43 Å². The van der Waals surface area contributed by atoms with Crippen molar-refractivity contribution in [1.82, 2.24) is 5.43 Å². The molecule has 0 aliphatic rings. The highest BCUT2D eigenvalue weighted by Crippen LogP contribution is 2.20. The molecular formula is C17H18N2O3. The van der Waals surface area contributed by atoms with Crippen molar-refractivity contribution in [3.8, 4) is 11.5 Å². The molecule has 2 aromatic carbocycles. The van der Waals surface area contributed by atoms with Crippen LogP contribution in [0.15, 0.2) is 41.5 Å². The molecule has 0 unspecified atom stereocenters. The van der Waals surface area contributed by atoms with Gasteiger partial charge in [-0.3, -0.25) is 4.79 Å². The second kappa shape index (κ2) is 6.76. The highest BCUT2D eigenvalue weighted by molar-refractivity contribution is 5.85. The average Bonchev–Trinajstić information content (AvgIpc) is 2.45. The van der Waals surface area contributed by atoms with E-state index in [9.17, 15) is 15.0 Å². The number of carbonyl (C=O) groups excluding carboxylic acids is 1. The number of nitrogens with one attached hydrogen (secondary N) is 1. The molecule has 2 rings (SSSR count). The fourth-order valence-corrected chi connectivity index (χ4v) is 1.95. The molecule has 0 spiro atoms.